The molecule has 0 spiro atoms. The van der Waals surface area contributed by atoms with Crippen LogP contribution in [0.1, 0.15) is 12.8 Å². The van der Waals surface area contributed by atoms with Crippen molar-refractivity contribution in [2.24, 2.45) is 0 Å². The highest BCUT2D eigenvalue weighted by atomic mass is 16.3. The van der Waals surface area contributed by atoms with Gasteiger partial charge in [0.1, 0.15) is 0 Å². The molecule has 6 heteroatoms. The molecule has 1 heterocycles. The number of aromatic hydroxyl groups is 1. The summed E-state index contributed by atoms with van der Waals surface area (Å²) in [5, 5.41) is 12.3. The van der Waals surface area contributed by atoms with Gasteiger partial charge in [0.25, 0.3) is 0 Å². The summed E-state index contributed by atoms with van der Waals surface area (Å²) in [6.45, 7) is 1.40. The van der Waals surface area contributed by atoms with E-state index in [0.29, 0.717) is 6.54 Å². The van der Waals surface area contributed by atoms with Crippen molar-refractivity contribution in [3.8, 4) is 5.88 Å². The van der Waals surface area contributed by atoms with Crippen LogP contribution in [0.4, 0.5) is 0 Å². The fraction of sp³-hybridized carbons (Fsp3) is 0.625. The van der Waals surface area contributed by atoms with E-state index in [1.165, 1.54) is 10.8 Å². The number of nitrogens with one attached hydrogen (secondary N) is 1. The molecule has 1 aromatic rings. The van der Waals surface area contributed by atoms with Gasteiger partial charge in [0.2, 0.25) is 5.88 Å². The van der Waals surface area contributed by atoms with Gasteiger partial charge in [-0.05, 0) is 26.4 Å². The van der Waals surface area contributed by atoms with Gasteiger partial charge in [0, 0.05) is 6.54 Å². The molecule has 0 amide bonds. The summed E-state index contributed by atoms with van der Waals surface area (Å²) in [5.41, 5.74) is -0.382. The van der Waals surface area contributed by atoms with Crippen molar-refractivity contribution in [3.63, 3.8) is 0 Å². The Balaban J connectivity index is 2.54. The quantitative estimate of drug-likeness (QED) is 0.423. The number of nitrogens with two attached hydrogens (primary N) is 1. The van der Waals surface area contributed by atoms with Gasteiger partial charge in [-0.2, -0.15) is 0 Å². The number of imidazole rings is 1. The van der Waals surface area contributed by atoms with Gasteiger partial charge in [0.15, 0.2) is 0 Å². The maximum Gasteiger partial charge on any atom is 0.349 e. The van der Waals surface area contributed by atoms with E-state index in [4.69, 9.17) is 5.84 Å². The third-order valence-electron chi connectivity index (χ3n) is 2.04. The largest absolute Gasteiger partial charge is 0.493 e. The van der Waals surface area contributed by atoms with Crippen LogP contribution in [-0.2, 0) is 6.54 Å². The fourth-order valence-corrected chi connectivity index (χ4v) is 1.27. The highest BCUT2D eigenvalue weighted by Gasteiger charge is 2.06. The van der Waals surface area contributed by atoms with Gasteiger partial charge in [-0.3, -0.25) is 4.57 Å². The molecule has 0 aromatic carbocycles. The van der Waals surface area contributed by atoms with Crippen LogP contribution in [0.2, 0.25) is 0 Å². The van der Waals surface area contributed by atoms with E-state index in [1.807, 2.05) is 7.05 Å². The normalized spacial score (nSPS) is 10.6. The molecule has 4 N–H and O–H groups in total. The van der Waals surface area contributed by atoms with E-state index in [-0.39, 0.29) is 11.6 Å². The number of unbranched alkanes of at least 4 members (excludes halogenated alkanes) is 1. The van der Waals surface area contributed by atoms with E-state index in [2.05, 4.69) is 5.32 Å². The SMILES string of the molecule is CNCCCCn1c(O)cn(N)c1=O. The number of rotatable bonds is 5. The molecule has 0 atom stereocenters. The van der Waals surface area contributed by atoms with Gasteiger partial charge >= 0.3 is 5.69 Å². The first-order valence-electron chi connectivity index (χ1n) is 4.57. The van der Waals surface area contributed by atoms with Crippen molar-refractivity contribution in [2.75, 3.05) is 19.4 Å². The first-order valence-corrected chi connectivity index (χ1v) is 4.57. The van der Waals surface area contributed by atoms with Crippen molar-refractivity contribution in [2.45, 2.75) is 19.4 Å². The zero-order valence-electron chi connectivity index (χ0n) is 8.23. The average molecular weight is 200 g/mol. The maximum absolute atomic E-state index is 11.3. The molecular formula is C8H16N4O2. The molecule has 1 aromatic heterocycles. The standard InChI is InChI=1S/C8H16N4O2/c1-10-4-2-3-5-11-7(13)6-12(9)8(11)14/h6,10,13H,2-5,9H2,1H3. The number of aromatic nitrogens is 2. The average Bonchev–Trinajstić information content (AvgIpc) is 2.38. The summed E-state index contributed by atoms with van der Waals surface area (Å²) < 4.78 is 2.14. The molecule has 6 nitrogen and oxygen atoms in total. The number of nitrogens with zero attached hydrogens (tertiary/aromatic N) is 2. The van der Waals surface area contributed by atoms with E-state index < -0.39 is 0 Å². The molecule has 0 aliphatic heterocycles. The lowest BCUT2D eigenvalue weighted by molar-refractivity contribution is 0.407. The zero-order valence-corrected chi connectivity index (χ0v) is 8.23. The predicted octanol–water partition coefficient (Wildman–Crippen LogP) is -0.931. The first-order chi connectivity index (χ1) is 6.66. The third-order valence-corrected chi connectivity index (χ3v) is 2.04. The van der Waals surface area contributed by atoms with Crippen molar-refractivity contribution in [1.82, 2.24) is 14.6 Å². The Kier molecular flexibility index (Phi) is 3.58. The van der Waals surface area contributed by atoms with Gasteiger partial charge in [-0.15, -0.1) is 0 Å². The Morgan fingerprint density at radius 2 is 2.29 bits per heavy atom. The summed E-state index contributed by atoms with van der Waals surface area (Å²) >= 11 is 0. The van der Waals surface area contributed by atoms with Crippen molar-refractivity contribution >= 4 is 0 Å². The van der Waals surface area contributed by atoms with Crippen LogP contribution in [0.3, 0.4) is 0 Å². The van der Waals surface area contributed by atoms with Gasteiger partial charge < -0.3 is 16.3 Å². The second-order valence-corrected chi connectivity index (χ2v) is 3.14. The monoisotopic (exact) mass is 200 g/mol. The van der Waals surface area contributed by atoms with Crippen molar-refractivity contribution in [1.29, 1.82) is 0 Å². The smallest absolute Gasteiger partial charge is 0.349 e. The lowest BCUT2D eigenvalue weighted by Gasteiger charge is -2.02. The minimum atomic E-state index is -0.382. The maximum atomic E-state index is 11.3. The first kappa shape index (κ1) is 10.6. The molecule has 0 saturated carbocycles. The molecule has 14 heavy (non-hydrogen) atoms. The van der Waals surface area contributed by atoms with E-state index in [0.717, 1.165) is 24.1 Å². The van der Waals surface area contributed by atoms with Gasteiger partial charge in [0.05, 0.1) is 6.20 Å². The van der Waals surface area contributed by atoms with Crippen LogP contribution in [-0.4, -0.2) is 27.9 Å². The number of nitrogen functional groups attached to an aromatic ring is 1. The minimum absolute atomic E-state index is 0.0815. The van der Waals surface area contributed by atoms with E-state index in [1.54, 1.807) is 0 Å². The minimum Gasteiger partial charge on any atom is -0.493 e. The molecule has 0 aliphatic carbocycles. The Morgan fingerprint density at radius 3 is 2.79 bits per heavy atom. The summed E-state index contributed by atoms with van der Waals surface area (Å²) in [6, 6.07) is 0. The summed E-state index contributed by atoms with van der Waals surface area (Å²) in [7, 11) is 1.88. The Morgan fingerprint density at radius 1 is 1.57 bits per heavy atom. The number of hydrogen-bond acceptors (Lipinski definition) is 4. The molecule has 0 radical (unpaired) electrons. The molecule has 1 rings (SSSR count). The summed E-state index contributed by atoms with van der Waals surface area (Å²) in [4.78, 5) is 11.3. The topological polar surface area (TPSA) is 85.2 Å². The highest BCUT2D eigenvalue weighted by Crippen LogP contribution is 2.05. The predicted molar refractivity (Wildman–Crippen MR) is 53.7 cm³/mol. The fourth-order valence-electron chi connectivity index (χ4n) is 1.27. The van der Waals surface area contributed by atoms with Crippen LogP contribution in [0.15, 0.2) is 11.0 Å². The van der Waals surface area contributed by atoms with Crippen LogP contribution in [0, 0.1) is 0 Å². The molecule has 0 saturated heterocycles. The lowest BCUT2D eigenvalue weighted by atomic mass is 10.3. The van der Waals surface area contributed by atoms with Gasteiger partial charge in [-0.25, -0.2) is 9.47 Å². The molecule has 80 valence electrons. The second kappa shape index (κ2) is 4.71. The lowest BCUT2D eigenvalue weighted by Crippen LogP contribution is -2.29. The summed E-state index contributed by atoms with van der Waals surface area (Å²) in [5.74, 6) is 5.20. The van der Waals surface area contributed by atoms with Crippen molar-refractivity contribution < 1.29 is 5.11 Å². The van der Waals surface area contributed by atoms with E-state index >= 15 is 0 Å². The molecule has 0 fully saturated rings. The van der Waals surface area contributed by atoms with Crippen LogP contribution >= 0.6 is 0 Å². The zero-order chi connectivity index (χ0) is 10.6. The highest BCUT2D eigenvalue weighted by molar-refractivity contribution is 5.04. The van der Waals surface area contributed by atoms with Crippen LogP contribution < -0.4 is 16.8 Å². The molecule has 0 bridgehead atoms. The van der Waals surface area contributed by atoms with E-state index in [9.17, 15) is 9.90 Å². The molecule has 0 aliphatic rings. The molecule has 0 unspecified atom stereocenters. The summed E-state index contributed by atoms with van der Waals surface area (Å²) in [6.07, 6.45) is 3.00. The second-order valence-electron chi connectivity index (χ2n) is 3.14. The molecular weight excluding hydrogens is 184 g/mol. The Hall–Kier alpha value is -1.43. The van der Waals surface area contributed by atoms with Crippen LogP contribution in [0.5, 0.6) is 5.88 Å². The van der Waals surface area contributed by atoms with Crippen LogP contribution in [0.25, 0.3) is 0 Å². The Bertz CT molecular complexity index is 342. The third kappa shape index (κ3) is 2.29. The Labute approximate surface area is 81.9 Å². The van der Waals surface area contributed by atoms with Gasteiger partial charge in [-0.1, -0.05) is 0 Å². The number of hydrogen-bond donors (Lipinski definition) is 3. The van der Waals surface area contributed by atoms with Crippen molar-refractivity contribution in [3.05, 3.63) is 16.7 Å².